The molecule has 0 N–H and O–H groups in total. The molecule has 21 heavy (non-hydrogen) atoms. The van der Waals surface area contributed by atoms with E-state index in [0.29, 0.717) is 5.82 Å². The van der Waals surface area contributed by atoms with Crippen LogP contribution in [0.1, 0.15) is 0 Å². The number of rotatable bonds is 4. The highest BCUT2D eigenvalue weighted by atomic mass is 32.2. The zero-order valence-electron chi connectivity index (χ0n) is 10.8. The Kier molecular flexibility index (Phi) is 3.65. The van der Waals surface area contributed by atoms with Crippen molar-refractivity contribution in [3.05, 3.63) is 71.0 Å². The minimum absolute atomic E-state index is 0.0721. The standard InChI is InChI=1S/C14H10N4O2S/c19-18(20)12-6-8-13(9-7-12)21-17-10-15-14(16-17)11-4-2-1-3-5-11/h1-10H. The van der Waals surface area contributed by atoms with Crippen LogP contribution in [0.3, 0.4) is 0 Å². The number of aromatic nitrogens is 3. The Morgan fingerprint density at radius 3 is 2.43 bits per heavy atom. The number of non-ortho nitro benzene ring substituents is 1. The molecule has 0 spiro atoms. The van der Waals surface area contributed by atoms with Crippen molar-refractivity contribution in [1.82, 2.24) is 14.2 Å². The first kappa shape index (κ1) is 13.3. The monoisotopic (exact) mass is 298 g/mol. The zero-order chi connectivity index (χ0) is 14.7. The molecule has 0 aliphatic heterocycles. The molecule has 0 bridgehead atoms. The number of hydrogen-bond donors (Lipinski definition) is 0. The highest BCUT2D eigenvalue weighted by Gasteiger charge is 2.07. The van der Waals surface area contributed by atoms with Crippen molar-refractivity contribution in [2.75, 3.05) is 0 Å². The van der Waals surface area contributed by atoms with E-state index in [-0.39, 0.29) is 5.69 Å². The van der Waals surface area contributed by atoms with E-state index in [1.54, 1.807) is 22.5 Å². The van der Waals surface area contributed by atoms with E-state index in [1.807, 2.05) is 30.3 Å². The maximum absolute atomic E-state index is 10.6. The Labute approximate surface area is 124 Å². The van der Waals surface area contributed by atoms with Crippen LogP contribution < -0.4 is 0 Å². The molecule has 104 valence electrons. The third-order valence-corrected chi connectivity index (χ3v) is 3.60. The van der Waals surface area contributed by atoms with Crippen molar-refractivity contribution in [3.63, 3.8) is 0 Å². The average Bonchev–Trinajstić information content (AvgIpc) is 2.97. The van der Waals surface area contributed by atoms with Crippen LogP contribution in [-0.4, -0.2) is 19.1 Å². The van der Waals surface area contributed by atoms with Crippen LogP contribution in [0.15, 0.2) is 65.8 Å². The molecule has 0 amide bonds. The van der Waals surface area contributed by atoms with Crippen LogP contribution >= 0.6 is 11.9 Å². The highest BCUT2D eigenvalue weighted by Crippen LogP contribution is 2.23. The molecule has 0 radical (unpaired) electrons. The van der Waals surface area contributed by atoms with Gasteiger partial charge in [0.15, 0.2) is 5.82 Å². The molecule has 1 aromatic heterocycles. The molecule has 0 aliphatic carbocycles. The number of hydrogen-bond acceptors (Lipinski definition) is 5. The van der Waals surface area contributed by atoms with Gasteiger partial charge in [0.2, 0.25) is 0 Å². The Morgan fingerprint density at radius 1 is 1.05 bits per heavy atom. The Morgan fingerprint density at radius 2 is 1.76 bits per heavy atom. The summed E-state index contributed by atoms with van der Waals surface area (Å²) in [5.41, 5.74) is 1.02. The lowest BCUT2D eigenvalue weighted by molar-refractivity contribution is -0.384. The van der Waals surface area contributed by atoms with Gasteiger partial charge >= 0.3 is 0 Å². The molecule has 0 fully saturated rings. The molecule has 0 saturated heterocycles. The molecule has 0 unspecified atom stereocenters. The maximum Gasteiger partial charge on any atom is 0.269 e. The first-order chi connectivity index (χ1) is 10.2. The van der Waals surface area contributed by atoms with Gasteiger partial charge in [-0.15, -0.1) is 5.10 Å². The number of nitrogens with zero attached hydrogens (tertiary/aromatic N) is 4. The molecule has 7 heteroatoms. The molecule has 0 aliphatic rings. The molecule has 2 aromatic carbocycles. The topological polar surface area (TPSA) is 73.8 Å². The van der Waals surface area contributed by atoms with E-state index in [9.17, 15) is 10.1 Å². The van der Waals surface area contributed by atoms with Crippen LogP contribution in [0.2, 0.25) is 0 Å². The van der Waals surface area contributed by atoms with Crippen LogP contribution in [-0.2, 0) is 0 Å². The first-order valence-electron chi connectivity index (χ1n) is 6.12. The van der Waals surface area contributed by atoms with Gasteiger partial charge in [-0.25, -0.2) is 4.98 Å². The average molecular weight is 298 g/mol. The van der Waals surface area contributed by atoms with E-state index in [2.05, 4.69) is 10.1 Å². The molecule has 0 saturated carbocycles. The van der Waals surface area contributed by atoms with E-state index >= 15 is 0 Å². The summed E-state index contributed by atoms with van der Waals surface area (Å²) in [5.74, 6) is 0.644. The number of nitro groups is 1. The van der Waals surface area contributed by atoms with Crippen molar-refractivity contribution in [3.8, 4) is 11.4 Å². The van der Waals surface area contributed by atoms with Gasteiger partial charge in [0, 0.05) is 34.5 Å². The normalized spacial score (nSPS) is 10.5. The van der Waals surface area contributed by atoms with Gasteiger partial charge in [0.05, 0.1) is 4.92 Å². The van der Waals surface area contributed by atoms with Crippen LogP contribution in [0.4, 0.5) is 5.69 Å². The van der Waals surface area contributed by atoms with Crippen molar-refractivity contribution >= 4 is 17.6 Å². The summed E-state index contributed by atoms with van der Waals surface area (Å²) in [6.07, 6.45) is 1.62. The SMILES string of the molecule is O=[N+]([O-])c1ccc(Sn2cnc(-c3ccccc3)n2)cc1. The van der Waals surface area contributed by atoms with E-state index in [1.165, 1.54) is 24.1 Å². The van der Waals surface area contributed by atoms with Gasteiger partial charge < -0.3 is 0 Å². The number of nitro benzene ring substituents is 1. The van der Waals surface area contributed by atoms with E-state index in [4.69, 9.17) is 0 Å². The van der Waals surface area contributed by atoms with Crippen molar-refractivity contribution in [2.24, 2.45) is 0 Å². The van der Waals surface area contributed by atoms with Crippen LogP contribution in [0.25, 0.3) is 11.4 Å². The predicted octanol–water partition coefficient (Wildman–Crippen LogP) is 3.41. The van der Waals surface area contributed by atoms with Gasteiger partial charge in [-0.2, -0.15) is 4.09 Å². The lowest BCUT2D eigenvalue weighted by atomic mass is 10.2. The molecule has 3 aromatic rings. The second-order valence-electron chi connectivity index (χ2n) is 4.18. The summed E-state index contributed by atoms with van der Waals surface area (Å²) in [6.45, 7) is 0. The van der Waals surface area contributed by atoms with Crippen molar-refractivity contribution in [1.29, 1.82) is 0 Å². The second-order valence-corrected chi connectivity index (χ2v) is 5.21. The predicted molar refractivity (Wildman–Crippen MR) is 79.8 cm³/mol. The van der Waals surface area contributed by atoms with E-state index < -0.39 is 4.92 Å². The molecule has 1 heterocycles. The van der Waals surface area contributed by atoms with Crippen LogP contribution in [0.5, 0.6) is 0 Å². The Hall–Kier alpha value is -2.67. The highest BCUT2D eigenvalue weighted by molar-refractivity contribution is 7.97. The summed E-state index contributed by atoms with van der Waals surface area (Å²) in [6, 6.07) is 16.0. The molecule has 6 nitrogen and oxygen atoms in total. The van der Waals surface area contributed by atoms with Gasteiger partial charge in [-0.1, -0.05) is 30.3 Å². The summed E-state index contributed by atoms with van der Waals surface area (Å²) >= 11 is 1.34. The Balaban J connectivity index is 1.77. The third kappa shape index (κ3) is 3.09. The van der Waals surface area contributed by atoms with Gasteiger partial charge in [0.25, 0.3) is 5.69 Å². The number of benzene rings is 2. The smallest absolute Gasteiger partial charge is 0.258 e. The largest absolute Gasteiger partial charge is 0.269 e. The summed E-state index contributed by atoms with van der Waals surface area (Å²) in [7, 11) is 0. The van der Waals surface area contributed by atoms with Gasteiger partial charge in [-0.05, 0) is 12.1 Å². The maximum atomic E-state index is 10.6. The summed E-state index contributed by atoms with van der Waals surface area (Å²) in [4.78, 5) is 15.3. The van der Waals surface area contributed by atoms with Crippen LogP contribution in [0, 0.1) is 10.1 Å². The minimum atomic E-state index is -0.419. The second kappa shape index (κ2) is 5.76. The van der Waals surface area contributed by atoms with Gasteiger partial charge in [-0.3, -0.25) is 10.1 Å². The van der Waals surface area contributed by atoms with Crippen molar-refractivity contribution in [2.45, 2.75) is 4.90 Å². The van der Waals surface area contributed by atoms with Gasteiger partial charge in [0.1, 0.15) is 6.33 Å². The quantitative estimate of drug-likeness (QED) is 0.545. The fourth-order valence-electron chi connectivity index (χ4n) is 1.75. The molecular weight excluding hydrogens is 288 g/mol. The third-order valence-electron chi connectivity index (χ3n) is 2.75. The van der Waals surface area contributed by atoms with E-state index in [0.717, 1.165) is 10.5 Å². The Bertz CT molecular complexity index is 756. The fraction of sp³-hybridized carbons (Fsp3) is 0. The molecular formula is C14H10N4O2S. The lowest BCUT2D eigenvalue weighted by Crippen LogP contribution is -1.90. The molecule has 0 atom stereocenters. The summed E-state index contributed by atoms with van der Waals surface area (Å²) < 4.78 is 1.63. The minimum Gasteiger partial charge on any atom is -0.258 e. The zero-order valence-corrected chi connectivity index (χ0v) is 11.6. The van der Waals surface area contributed by atoms with Crippen molar-refractivity contribution < 1.29 is 4.92 Å². The fourth-order valence-corrected chi connectivity index (χ4v) is 2.44. The molecule has 3 rings (SSSR count). The lowest BCUT2D eigenvalue weighted by Gasteiger charge is -1.99. The summed E-state index contributed by atoms with van der Waals surface area (Å²) in [5, 5.41) is 15.0. The first-order valence-corrected chi connectivity index (χ1v) is 6.89.